The fraction of sp³-hybridized carbons (Fsp3) is 0.222. The molecule has 2 aromatic rings. The predicted molar refractivity (Wildman–Crippen MR) is 53.1 cm³/mol. The Labute approximate surface area is 93.6 Å². The van der Waals surface area contributed by atoms with Crippen LogP contribution in [0.3, 0.4) is 0 Å². The zero-order valence-corrected chi connectivity index (χ0v) is 8.68. The lowest BCUT2D eigenvalue weighted by molar-refractivity contribution is -0.137. The van der Waals surface area contributed by atoms with Gasteiger partial charge in [0.1, 0.15) is 5.65 Å². The van der Waals surface area contributed by atoms with Crippen molar-refractivity contribution in [3.8, 4) is 0 Å². The van der Waals surface area contributed by atoms with E-state index in [0.717, 1.165) is 12.3 Å². The van der Waals surface area contributed by atoms with Crippen LogP contribution in [0, 0.1) is 0 Å². The summed E-state index contributed by atoms with van der Waals surface area (Å²) in [5.74, 6) is 0. The molecule has 3 nitrogen and oxygen atoms in total. The molecule has 2 heterocycles. The van der Waals surface area contributed by atoms with Crippen LogP contribution in [-0.4, -0.2) is 9.38 Å². The molecule has 0 spiro atoms. The monoisotopic (exact) mass is 249 g/mol. The maximum atomic E-state index is 12.5. The van der Waals surface area contributed by atoms with Gasteiger partial charge in [-0.1, -0.05) is 11.6 Å². The number of halogens is 4. The molecule has 0 saturated heterocycles. The van der Waals surface area contributed by atoms with Gasteiger partial charge in [-0.3, -0.25) is 0 Å². The molecule has 0 unspecified atom stereocenters. The fourth-order valence-corrected chi connectivity index (χ4v) is 1.67. The third kappa shape index (κ3) is 1.74. The molecule has 86 valence electrons. The third-order valence-corrected chi connectivity index (χ3v) is 2.49. The van der Waals surface area contributed by atoms with E-state index in [1.54, 1.807) is 0 Å². The molecule has 16 heavy (non-hydrogen) atoms. The Morgan fingerprint density at radius 1 is 1.38 bits per heavy atom. The highest BCUT2D eigenvalue weighted by Gasteiger charge is 2.31. The molecule has 0 aliphatic carbocycles. The van der Waals surface area contributed by atoms with Crippen molar-refractivity contribution >= 4 is 17.2 Å². The van der Waals surface area contributed by atoms with Crippen LogP contribution in [0.2, 0.25) is 5.15 Å². The molecule has 2 aromatic heterocycles. The molecule has 0 radical (unpaired) electrons. The van der Waals surface area contributed by atoms with Gasteiger partial charge < -0.3 is 10.1 Å². The van der Waals surface area contributed by atoms with Gasteiger partial charge in [0.2, 0.25) is 0 Å². The van der Waals surface area contributed by atoms with Crippen LogP contribution < -0.4 is 5.73 Å². The highest BCUT2D eigenvalue weighted by molar-refractivity contribution is 6.30. The van der Waals surface area contributed by atoms with Gasteiger partial charge in [0.25, 0.3) is 0 Å². The number of fused-ring (bicyclic) bond motifs is 1. The molecule has 0 amide bonds. The highest BCUT2D eigenvalue weighted by Crippen LogP contribution is 2.30. The summed E-state index contributed by atoms with van der Waals surface area (Å²) >= 11 is 5.74. The minimum atomic E-state index is -4.39. The zero-order chi connectivity index (χ0) is 11.9. The number of imidazole rings is 1. The van der Waals surface area contributed by atoms with Crippen LogP contribution >= 0.6 is 11.6 Å². The average molecular weight is 250 g/mol. The van der Waals surface area contributed by atoms with Gasteiger partial charge in [-0.15, -0.1) is 0 Å². The molecule has 0 aromatic carbocycles. The Kier molecular flexibility index (Phi) is 2.55. The van der Waals surface area contributed by atoms with Gasteiger partial charge in [-0.05, 0) is 12.1 Å². The van der Waals surface area contributed by atoms with Crippen molar-refractivity contribution in [2.45, 2.75) is 12.7 Å². The van der Waals surface area contributed by atoms with Crippen LogP contribution in [0.1, 0.15) is 11.3 Å². The van der Waals surface area contributed by atoms with Crippen LogP contribution in [0.4, 0.5) is 13.2 Å². The topological polar surface area (TPSA) is 43.3 Å². The van der Waals surface area contributed by atoms with Crippen molar-refractivity contribution in [2.24, 2.45) is 5.73 Å². The van der Waals surface area contributed by atoms with E-state index in [2.05, 4.69) is 4.98 Å². The number of hydrogen-bond donors (Lipinski definition) is 1. The standard InChI is InChI=1S/C9H7ClF3N3/c10-8-6(3-14)16-4-5(9(11,12)13)1-2-7(16)15-8/h1-2,4H,3,14H2. The molecule has 0 atom stereocenters. The first-order chi connectivity index (χ1) is 7.43. The minimum Gasteiger partial charge on any atom is -0.325 e. The van der Waals surface area contributed by atoms with Crippen molar-refractivity contribution in [1.29, 1.82) is 0 Å². The molecule has 0 fully saturated rings. The summed E-state index contributed by atoms with van der Waals surface area (Å²) in [6.45, 7) is 0.0291. The van der Waals surface area contributed by atoms with Gasteiger partial charge in [0.15, 0.2) is 5.15 Å². The van der Waals surface area contributed by atoms with Crippen molar-refractivity contribution in [3.63, 3.8) is 0 Å². The lowest BCUT2D eigenvalue weighted by Gasteiger charge is -2.07. The summed E-state index contributed by atoms with van der Waals surface area (Å²) in [5, 5.41) is 0.127. The second-order valence-corrected chi connectivity index (χ2v) is 3.56. The molecule has 0 aliphatic heterocycles. The summed E-state index contributed by atoms with van der Waals surface area (Å²) < 4.78 is 38.6. The number of nitrogens with zero attached hydrogens (tertiary/aromatic N) is 2. The summed E-state index contributed by atoms with van der Waals surface area (Å²) in [4.78, 5) is 3.89. The molecule has 7 heteroatoms. The lowest BCUT2D eigenvalue weighted by atomic mass is 10.3. The summed E-state index contributed by atoms with van der Waals surface area (Å²) in [6.07, 6.45) is -3.45. The number of rotatable bonds is 1. The molecule has 0 aliphatic rings. The number of pyridine rings is 1. The highest BCUT2D eigenvalue weighted by atomic mass is 35.5. The summed E-state index contributed by atoms with van der Waals surface area (Å²) in [5.41, 5.74) is 5.34. The van der Waals surface area contributed by atoms with Crippen molar-refractivity contribution in [2.75, 3.05) is 0 Å². The lowest BCUT2D eigenvalue weighted by Crippen LogP contribution is -2.08. The zero-order valence-electron chi connectivity index (χ0n) is 7.92. The maximum absolute atomic E-state index is 12.5. The maximum Gasteiger partial charge on any atom is 0.417 e. The Morgan fingerprint density at radius 3 is 2.62 bits per heavy atom. The molecule has 2 N–H and O–H groups in total. The molecule has 2 rings (SSSR count). The van der Waals surface area contributed by atoms with Crippen molar-refractivity contribution in [3.05, 3.63) is 34.7 Å². The number of aromatic nitrogens is 2. The first-order valence-corrected chi connectivity index (χ1v) is 4.75. The van der Waals surface area contributed by atoms with E-state index >= 15 is 0 Å². The Hall–Kier alpha value is -1.27. The van der Waals surface area contributed by atoms with Crippen LogP contribution in [0.25, 0.3) is 5.65 Å². The Bertz CT molecular complexity index is 533. The van der Waals surface area contributed by atoms with Gasteiger partial charge in [0, 0.05) is 12.7 Å². The van der Waals surface area contributed by atoms with Crippen LogP contribution in [-0.2, 0) is 12.7 Å². The fourth-order valence-electron chi connectivity index (χ4n) is 1.41. The number of nitrogens with two attached hydrogens (primary N) is 1. The van der Waals surface area contributed by atoms with E-state index in [1.165, 1.54) is 10.5 Å². The van der Waals surface area contributed by atoms with Gasteiger partial charge in [-0.25, -0.2) is 4.98 Å². The smallest absolute Gasteiger partial charge is 0.325 e. The first-order valence-electron chi connectivity index (χ1n) is 4.37. The van der Waals surface area contributed by atoms with Crippen molar-refractivity contribution in [1.82, 2.24) is 9.38 Å². The minimum absolute atomic E-state index is 0.0291. The van der Waals surface area contributed by atoms with E-state index < -0.39 is 11.7 Å². The Morgan fingerprint density at radius 2 is 2.06 bits per heavy atom. The predicted octanol–water partition coefficient (Wildman–Crippen LogP) is 2.47. The second kappa shape index (κ2) is 3.64. The average Bonchev–Trinajstić information content (AvgIpc) is 2.50. The molecule has 0 bridgehead atoms. The van der Waals surface area contributed by atoms with Gasteiger partial charge in [0.05, 0.1) is 11.3 Å². The van der Waals surface area contributed by atoms with E-state index in [4.69, 9.17) is 17.3 Å². The van der Waals surface area contributed by atoms with Gasteiger partial charge >= 0.3 is 6.18 Å². The van der Waals surface area contributed by atoms with E-state index in [1.807, 2.05) is 0 Å². The normalized spacial score (nSPS) is 12.3. The SMILES string of the molecule is NCc1c(Cl)nc2ccc(C(F)(F)F)cn12. The second-order valence-electron chi connectivity index (χ2n) is 3.20. The quantitative estimate of drug-likeness (QED) is 0.844. The largest absolute Gasteiger partial charge is 0.417 e. The van der Waals surface area contributed by atoms with E-state index in [9.17, 15) is 13.2 Å². The van der Waals surface area contributed by atoms with Gasteiger partial charge in [-0.2, -0.15) is 13.2 Å². The first kappa shape index (κ1) is 11.2. The third-order valence-electron chi connectivity index (χ3n) is 2.19. The summed E-state index contributed by atoms with van der Waals surface area (Å²) in [6, 6.07) is 2.22. The molecular weight excluding hydrogens is 243 g/mol. The van der Waals surface area contributed by atoms with E-state index in [-0.39, 0.29) is 11.7 Å². The Balaban J connectivity index is 2.69. The number of alkyl halides is 3. The van der Waals surface area contributed by atoms with Crippen molar-refractivity contribution < 1.29 is 13.2 Å². The summed E-state index contributed by atoms with van der Waals surface area (Å²) in [7, 11) is 0. The van der Waals surface area contributed by atoms with E-state index in [0.29, 0.717) is 11.3 Å². The van der Waals surface area contributed by atoms with Crippen LogP contribution in [0.15, 0.2) is 18.3 Å². The number of hydrogen-bond acceptors (Lipinski definition) is 2. The van der Waals surface area contributed by atoms with Crippen LogP contribution in [0.5, 0.6) is 0 Å². The molecule has 0 saturated carbocycles. The molecular formula is C9H7ClF3N3.